The van der Waals surface area contributed by atoms with Gasteiger partial charge < -0.3 is 10.4 Å². The fourth-order valence-corrected chi connectivity index (χ4v) is 1.45. The van der Waals surface area contributed by atoms with Gasteiger partial charge in [0.15, 0.2) is 0 Å². The van der Waals surface area contributed by atoms with E-state index in [1.165, 1.54) is 18.3 Å². The van der Waals surface area contributed by atoms with E-state index in [4.69, 9.17) is 16.7 Å². The lowest BCUT2D eigenvalue weighted by Crippen LogP contribution is -2.40. The number of amides is 1. The second kappa shape index (κ2) is 5.82. The number of hydrogen-bond donors (Lipinski definition) is 2. The minimum Gasteiger partial charge on any atom is -0.481 e. The molecular formula is C12H15ClN2O3. The van der Waals surface area contributed by atoms with E-state index in [1.807, 2.05) is 0 Å². The zero-order valence-electron chi connectivity index (χ0n) is 10.2. The van der Waals surface area contributed by atoms with Crippen molar-refractivity contribution in [1.29, 1.82) is 0 Å². The largest absolute Gasteiger partial charge is 0.481 e. The third-order valence-electron chi connectivity index (χ3n) is 2.92. The van der Waals surface area contributed by atoms with Gasteiger partial charge in [0.1, 0.15) is 5.15 Å². The summed E-state index contributed by atoms with van der Waals surface area (Å²) in [6.45, 7) is 3.43. The number of halogens is 1. The summed E-state index contributed by atoms with van der Waals surface area (Å²) in [6.07, 6.45) is 1.85. The Kier molecular flexibility index (Phi) is 4.67. The van der Waals surface area contributed by atoms with E-state index in [1.54, 1.807) is 13.8 Å². The van der Waals surface area contributed by atoms with Crippen molar-refractivity contribution in [2.24, 2.45) is 5.41 Å². The molecule has 1 atom stereocenters. The van der Waals surface area contributed by atoms with Crippen LogP contribution in [0.15, 0.2) is 18.3 Å². The average molecular weight is 271 g/mol. The molecule has 0 saturated heterocycles. The summed E-state index contributed by atoms with van der Waals surface area (Å²) in [5.41, 5.74) is -0.606. The summed E-state index contributed by atoms with van der Waals surface area (Å²) < 4.78 is 0. The van der Waals surface area contributed by atoms with Gasteiger partial charge >= 0.3 is 5.97 Å². The van der Waals surface area contributed by atoms with Gasteiger partial charge in [-0.05, 0) is 25.5 Å². The molecular weight excluding hydrogens is 256 g/mol. The minimum atomic E-state index is -0.966. The van der Waals surface area contributed by atoms with Crippen molar-refractivity contribution in [3.8, 4) is 0 Å². The van der Waals surface area contributed by atoms with Crippen LogP contribution in [-0.4, -0.2) is 28.5 Å². The minimum absolute atomic E-state index is 0.0671. The first-order valence-electron chi connectivity index (χ1n) is 5.52. The van der Waals surface area contributed by atoms with Crippen molar-refractivity contribution in [2.75, 3.05) is 6.54 Å². The molecule has 2 N–H and O–H groups in total. The molecule has 98 valence electrons. The van der Waals surface area contributed by atoms with Crippen LogP contribution in [0.2, 0.25) is 5.15 Å². The number of carboxylic acid groups (broad SMARTS) is 1. The number of pyridine rings is 1. The zero-order valence-corrected chi connectivity index (χ0v) is 11.0. The first-order valence-corrected chi connectivity index (χ1v) is 5.90. The van der Waals surface area contributed by atoms with Gasteiger partial charge in [0.2, 0.25) is 0 Å². The first-order chi connectivity index (χ1) is 8.39. The van der Waals surface area contributed by atoms with E-state index in [-0.39, 0.29) is 17.6 Å². The lowest BCUT2D eigenvalue weighted by molar-refractivity contribution is -0.147. The second-order valence-electron chi connectivity index (χ2n) is 4.27. The normalized spacial score (nSPS) is 13.7. The van der Waals surface area contributed by atoms with E-state index < -0.39 is 11.4 Å². The Morgan fingerprint density at radius 2 is 2.22 bits per heavy atom. The van der Waals surface area contributed by atoms with E-state index in [9.17, 15) is 9.59 Å². The molecule has 0 aliphatic carbocycles. The van der Waals surface area contributed by atoms with Gasteiger partial charge in [-0.1, -0.05) is 18.5 Å². The van der Waals surface area contributed by atoms with Crippen LogP contribution in [-0.2, 0) is 4.79 Å². The fraction of sp³-hybridized carbons (Fsp3) is 0.417. The van der Waals surface area contributed by atoms with Crippen molar-refractivity contribution in [1.82, 2.24) is 10.3 Å². The Hall–Kier alpha value is -1.62. The summed E-state index contributed by atoms with van der Waals surface area (Å²) in [7, 11) is 0. The first kappa shape index (κ1) is 14.4. The van der Waals surface area contributed by atoms with Crippen LogP contribution in [0.3, 0.4) is 0 Å². The van der Waals surface area contributed by atoms with Crippen LogP contribution >= 0.6 is 11.6 Å². The smallest absolute Gasteiger partial charge is 0.311 e. The van der Waals surface area contributed by atoms with E-state index in [0.29, 0.717) is 12.0 Å². The third-order valence-corrected chi connectivity index (χ3v) is 3.13. The van der Waals surface area contributed by atoms with Gasteiger partial charge in [0.25, 0.3) is 5.91 Å². The van der Waals surface area contributed by atoms with Gasteiger partial charge in [-0.3, -0.25) is 9.59 Å². The fourth-order valence-electron chi connectivity index (χ4n) is 1.27. The maximum atomic E-state index is 11.8. The number of carboxylic acids is 1. The highest BCUT2D eigenvalue weighted by atomic mass is 35.5. The average Bonchev–Trinajstić information content (AvgIpc) is 2.35. The monoisotopic (exact) mass is 270 g/mol. The molecule has 1 unspecified atom stereocenters. The summed E-state index contributed by atoms with van der Waals surface area (Å²) in [5.74, 6) is -1.29. The van der Waals surface area contributed by atoms with Crippen LogP contribution in [0.25, 0.3) is 0 Å². The lowest BCUT2D eigenvalue weighted by atomic mass is 9.87. The van der Waals surface area contributed by atoms with Crippen molar-refractivity contribution in [3.05, 3.63) is 29.0 Å². The van der Waals surface area contributed by atoms with Crippen LogP contribution < -0.4 is 5.32 Å². The number of carbonyl (C=O) groups is 2. The molecule has 0 spiro atoms. The number of nitrogens with one attached hydrogen (secondary N) is 1. The summed E-state index contributed by atoms with van der Waals surface area (Å²) >= 11 is 5.67. The zero-order chi connectivity index (χ0) is 13.8. The number of rotatable bonds is 5. The molecule has 0 radical (unpaired) electrons. The highest BCUT2D eigenvalue weighted by molar-refractivity contribution is 6.29. The molecule has 0 bridgehead atoms. The van der Waals surface area contributed by atoms with Crippen molar-refractivity contribution in [2.45, 2.75) is 20.3 Å². The Balaban J connectivity index is 2.69. The number of carbonyl (C=O) groups excluding carboxylic acids is 1. The molecule has 0 saturated carbocycles. The molecule has 6 heteroatoms. The predicted molar refractivity (Wildman–Crippen MR) is 67.6 cm³/mol. The molecule has 0 aliphatic heterocycles. The molecule has 1 aromatic rings. The predicted octanol–water partition coefficient (Wildman–Crippen LogP) is 1.97. The van der Waals surface area contributed by atoms with Crippen LogP contribution in [0, 0.1) is 5.41 Å². The van der Waals surface area contributed by atoms with Crippen LogP contribution in [0.4, 0.5) is 0 Å². The Labute approximate surface area is 110 Å². The van der Waals surface area contributed by atoms with Crippen molar-refractivity contribution >= 4 is 23.5 Å². The third kappa shape index (κ3) is 3.43. The second-order valence-corrected chi connectivity index (χ2v) is 4.66. The van der Waals surface area contributed by atoms with Crippen molar-refractivity contribution in [3.63, 3.8) is 0 Å². The van der Waals surface area contributed by atoms with Gasteiger partial charge in [-0.25, -0.2) is 4.98 Å². The number of aliphatic carboxylic acids is 1. The summed E-state index contributed by atoms with van der Waals surface area (Å²) in [4.78, 5) is 26.6. The van der Waals surface area contributed by atoms with E-state index in [2.05, 4.69) is 10.3 Å². The van der Waals surface area contributed by atoms with Gasteiger partial charge in [-0.2, -0.15) is 0 Å². The Morgan fingerprint density at radius 3 is 2.72 bits per heavy atom. The van der Waals surface area contributed by atoms with E-state index >= 15 is 0 Å². The number of nitrogens with zero attached hydrogens (tertiary/aromatic N) is 1. The quantitative estimate of drug-likeness (QED) is 0.802. The Bertz CT molecular complexity index is 464. The van der Waals surface area contributed by atoms with Gasteiger partial charge in [-0.15, -0.1) is 0 Å². The molecule has 0 aliphatic rings. The van der Waals surface area contributed by atoms with Crippen molar-refractivity contribution < 1.29 is 14.7 Å². The number of hydrogen-bond acceptors (Lipinski definition) is 3. The topological polar surface area (TPSA) is 79.3 Å². The van der Waals surface area contributed by atoms with Crippen LogP contribution in [0.1, 0.15) is 30.6 Å². The molecule has 1 heterocycles. The highest BCUT2D eigenvalue weighted by Crippen LogP contribution is 2.20. The molecule has 0 aromatic carbocycles. The molecule has 5 nitrogen and oxygen atoms in total. The van der Waals surface area contributed by atoms with E-state index in [0.717, 1.165) is 0 Å². The molecule has 18 heavy (non-hydrogen) atoms. The number of aromatic nitrogens is 1. The summed E-state index contributed by atoms with van der Waals surface area (Å²) in [6, 6.07) is 2.95. The SMILES string of the molecule is CCC(C)(CNC(=O)c1ccnc(Cl)c1)C(=O)O. The van der Waals surface area contributed by atoms with Crippen LogP contribution in [0.5, 0.6) is 0 Å². The molecule has 1 aromatic heterocycles. The maximum Gasteiger partial charge on any atom is 0.311 e. The maximum absolute atomic E-state index is 11.8. The molecule has 1 amide bonds. The van der Waals surface area contributed by atoms with Gasteiger partial charge in [0.05, 0.1) is 5.41 Å². The standard InChI is InChI=1S/C12H15ClN2O3/c1-3-12(2,11(17)18)7-15-10(16)8-4-5-14-9(13)6-8/h4-6H,3,7H2,1-2H3,(H,15,16)(H,17,18). The lowest BCUT2D eigenvalue weighted by Gasteiger charge is -2.23. The molecule has 0 fully saturated rings. The molecule has 1 rings (SSSR count). The Morgan fingerprint density at radius 1 is 1.56 bits per heavy atom. The highest BCUT2D eigenvalue weighted by Gasteiger charge is 2.31. The van der Waals surface area contributed by atoms with Gasteiger partial charge in [0, 0.05) is 18.3 Å². The summed E-state index contributed by atoms with van der Waals surface area (Å²) in [5, 5.41) is 11.9.